The van der Waals surface area contributed by atoms with Gasteiger partial charge in [0.2, 0.25) is 0 Å². The van der Waals surface area contributed by atoms with Crippen molar-refractivity contribution in [1.82, 2.24) is 9.78 Å². The third-order valence-corrected chi connectivity index (χ3v) is 3.65. The average molecular weight is 278 g/mol. The van der Waals surface area contributed by atoms with Gasteiger partial charge in [0.15, 0.2) is 0 Å². The maximum atomic E-state index is 5.90. The first-order chi connectivity index (χ1) is 9.02. The second kappa shape index (κ2) is 5.66. The van der Waals surface area contributed by atoms with Crippen LogP contribution in [0.15, 0.2) is 24.3 Å². The molecule has 0 radical (unpaired) electrons. The number of hydrogen-bond acceptors (Lipinski definition) is 2. The summed E-state index contributed by atoms with van der Waals surface area (Å²) in [5.41, 5.74) is 4.67. The molecule has 2 rings (SSSR count). The van der Waals surface area contributed by atoms with Crippen molar-refractivity contribution in [3.05, 3.63) is 46.2 Å². The van der Waals surface area contributed by atoms with Crippen molar-refractivity contribution in [3.63, 3.8) is 0 Å². The molecule has 0 spiro atoms. The van der Waals surface area contributed by atoms with Gasteiger partial charge in [-0.1, -0.05) is 11.6 Å². The van der Waals surface area contributed by atoms with Gasteiger partial charge in [-0.3, -0.25) is 4.68 Å². The lowest BCUT2D eigenvalue weighted by Gasteiger charge is -2.16. The SMILES string of the molecule is CCn1nc(C)c(C(C)Nc2ccc(Cl)cc2)c1C. The number of hydrogen-bond donors (Lipinski definition) is 1. The summed E-state index contributed by atoms with van der Waals surface area (Å²) in [6, 6.07) is 8.00. The maximum Gasteiger partial charge on any atom is 0.0649 e. The van der Waals surface area contributed by atoms with Crippen LogP contribution in [0.25, 0.3) is 0 Å². The van der Waals surface area contributed by atoms with Gasteiger partial charge in [0.05, 0.1) is 11.7 Å². The highest BCUT2D eigenvalue weighted by atomic mass is 35.5. The number of benzene rings is 1. The summed E-state index contributed by atoms with van der Waals surface area (Å²) in [4.78, 5) is 0. The molecule has 2 aromatic rings. The van der Waals surface area contributed by atoms with Crippen molar-refractivity contribution >= 4 is 17.3 Å². The fraction of sp³-hybridized carbons (Fsp3) is 0.400. The molecular weight excluding hydrogens is 258 g/mol. The van der Waals surface area contributed by atoms with E-state index in [9.17, 15) is 0 Å². The van der Waals surface area contributed by atoms with E-state index in [0.29, 0.717) is 0 Å². The summed E-state index contributed by atoms with van der Waals surface area (Å²) in [7, 11) is 0. The minimum Gasteiger partial charge on any atom is -0.378 e. The lowest BCUT2D eigenvalue weighted by Crippen LogP contribution is -2.09. The Morgan fingerprint density at radius 3 is 2.42 bits per heavy atom. The van der Waals surface area contributed by atoms with Crippen LogP contribution in [0, 0.1) is 13.8 Å². The molecule has 102 valence electrons. The van der Waals surface area contributed by atoms with Crippen molar-refractivity contribution in [3.8, 4) is 0 Å². The molecule has 0 bridgehead atoms. The molecule has 0 amide bonds. The topological polar surface area (TPSA) is 29.9 Å². The Morgan fingerprint density at radius 1 is 1.26 bits per heavy atom. The van der Waals surface area contributed by atoms with Crippen LogP contribution in [0.4, 0.5) is 5.69 Å². The second-order valence-electron chi connectivity index (χ2n) is 4.77. The minimum absolute atomic E-state index is 0.224. The molecule has 19 heavy (non-hydrogen) atoms. The predicted molar refractivity (Wildman–Crippen MR) is 80.9 cm³/mol. The minimum atomic E-state index is 0.224. The number of nitrogens with one attached hydrogen (secondary N) is 1. The molecule has 0 aliphatic rings. The molecule has 0 saturated carbocycles. The second-order valence-corrected chi connectivity index (χ2v) is 5.21. The van der Waals surface area contributed by atoms with E-state index in [-0.39, 0.29) is 6.04 Å². The normalized spacial score (nSPS) is 12.5. The highest BCUT2D eigenvalue weighted by Gasteiger charge is 2.16. The zero-order valence-electron chi connectivity index (χ0n) is 11.9. The summed E-state index contributed by atoms with van der Waals surface area (Å²) in [6.45, 7) is 9.36. The van der Waals surface area contributed by atoms with Gasteiger partial charge >= 0.3 is 0 Å². The number of halogens is 1. The summed E-state index contributed by atoms with van der Waals surface area (Å²) >= 11 is 5.90. The summed E-state index contributed by atoms with van der Waals surface area (Å²) < 4.78 is 2.05. The molecule has 1 atom stereocenters. The predicted octanol–water partition coefficient (Wildman–Crippen LogP) is 4.35. The first kappa shape index (κ1) is 13.9. The molecule has 1 aromatic heterocycles. The molecular formula is C15H20ClN3. The van der Waals surface area contributed by atoms with E-state index in [4.69, 9.17) is 11.6 Å². The average Bonchev–Trinajstić information content (AvgIpc) is 2.67. The Morgan fingerprint density at radius 2 is 1.89 bits per heavy atom. The van der Waals surface area contributed by atoms with Crippen LogP contribution in [0.5, 0.6) is 0 Å². The third kappa shape index (κ3) is 2.92. The zero-order valence-corrected chi connectivity index (χ0v) is 12.6. The van der Waals surface area contributed by atoms with Crippen LogP contribution in [0.3, 0.4) is 0 Å². The Hall–Kier alpha value is -1.48. The molecule has 4 heteroatoms. The van der Waals surface area contributed by atoms with E-state index >= 15 is 0 Å². The van der Waals surface area contributed by atoms with Gasteiger partial charge < -0.3 is 5.32 Å². The lowest BCUT2D eigenvalue weighted by atomic mass is 10.1. The van der Waals surface area contributed by atoms with Gasteiger partial charge in [-0.05, 0) is 52.0 Å². The first-order valence-corrected chi connectivity index (χ1v) is 6.96. The van der Waals surface area contributed by atoms with Crippen LogP contribution < -0.4 is 5.32 Å². The van der Waals surface area contributed by atoms with Gasteiger partial charge in [-0.2, -0.15) is 5.10 Å². The smallest absolute Gasteiger partial charge is 0.0649 e. The monoisotopic (exact) mass is 277 g/mol. The molecule has 0 aliphatic carbocycles. The van der Waals surface area contributed by atoms with E-state index in [1.165, 1.54) is 11.3 Å². The maximum absolute atomic E-state index is 5.90. The highest BCUT2D eigenvalue weighted by molar-refractivity contribution is 6.30. The summed E-state index contributed by atoms with van der Waals surface area (Å²) in [5, 5.41) is 8.81. The fourth-order valence-corrected chi connectivity index (χ4v) is 2.64. The first-order valence-electron chi connectivity index (χ1n) is 6.59. The van der Waals surface area contributed by atoms with E-state index in [1.807, 2.05) is 28.9 Å². The van der Waals surface area contributed by atoms with Gasteiger partial charge in [0, 0.05) is 28.5 Å². The number of aromatic nitrogens is 2. The Bertz CT molecular complexity index is 558. The van der Waals surface area contributed by atoms with Crippen LogP contribution in [0.1, 0.15) is 36.8 Å². The van der Waals surface area contributed by atoms with Gasteiger partial charge in [-0.25, -0.2) is 0 Å². The summed E-state index contributed by atoms with van der Waals surface area (Å²) in [5.74, 6) is 0. The van der Waals surface area contributed by atoms with Gasteiger partial charge in [0.1, 0.15) is 0 Å². The fourth-order valence-electron chi connectivity index (χ4n) is 2.51. The van der Waals surface area contributed by atoms with Gasteiger partial charge in [-0.15, -0.1) is 0 Å². The van der Waals surface area contributed by atoms with Crippen molar-refractivity contribution in [2.24, 2.45) is 0 Å². The molecule has 3 nitrogen and oxygen atoms in total. The Labute approximate surface area is 119 Å². The van der Waals surface area contributed by atoms with E-state index in [1.54, 1.807) is 0 Å². The quantitative estimate of drug-likeness (QED) is 0.901. The molecule has 0 fully saturated rings. The molecule has 0 aliphatic heterocycles. The number of aryl methyl sites for hydroxylation is 2. The van der Waals surface area contributed by atoms with Gasteiger partial charge in [0.25, 0.3) is 0 Å². The third-order valence-electron chi connectivity index (χ3n) is 3.40. The number of nitrogens with zero attached hydrogens (tertiary/aromatic N) is 2. The molecule has 1 N–H and O–H groups in total. The molecule has 1 aromatic carbocycles. The van der Waals surface area contributed by atoms with Crippen molar-refractivity contribution in [2.45, 2.75) is 40.3 Å². The van der Waals surface area contributed by atoms with Crippen molar-refractivity contribution < 1.29 is 0 Å². The van der Waals surface area contributed by atoms with Crippen LogP contribution >= 0.6 is 11.6 Å². The lowest BCUT2D eigenvalue weighted by molar-refractivity contribution is 0.632. The molecule has 1 unspecified atom stereocenters. The van der Waals surface area contributed by atoms with Crippen LogP contribution in [-0.4, -0.2) is 9.78 Å². The van der Waals surface area contributed by atoms with E-state index in [0.717, 1.165) is 22.9 Å². The number of rotatable bonds is 4. The highest BCUT2D eigenvalue weighted by Crippen LogP contribution is 2.25. The largest absolute Gasteiger partial charge is 0.378 e. The standard InChI is InChI=1S/C15H20ClN3/c1-5-19-12(4)15(11(3)18-19)10(2)17-14-8-6-13(16)7-9-14/h6-10,17H,5H2,1-4H3. The Kier molecular flexibility index (Phi) is 4.15. The zero-order chi connectivity index (χ0) is 14.0. The van der Waals surface area contributed by atoms with Crippen LogP contribution in [-0.2, 0) is 6.54 Å². The molecule has 1 heterocycles. The van der Waals surface area contributed by atoms with Crippen LogP contribution in [0.2, 0.25) is 5.02 Å². The summed E-state index contributed by atoms with van der Waals surface area (Å²) in [6.07, 6.45) is 0. The Balaban J connectivity index is 2.22. The van der Waals surface area contributed by atoms with E-state index < -0.39 is 0 Å². The van der Waals surface area contributed by atoms with Crippen molar-refractivity contribution in [1.29, 1.82) is 0 Å². The number of anilines is 1. The molecule has 0 saturated heterocycles. The van der Waals surface area contributed by atoms with Crippen molar-refractivity contribution in [2.75, 3.05) is 5.32 Å². The van der Waals surface area contributed by atoms with E-state index in [2.05, 4.69) is 38.1 Å².